The molecule has 3 aromatic rings. The SMILES string of the molecule is Cc1cc(CN(c2ccc(Nc3ccc(CC(C)CC(C)(C)C)cc3)cc2)C(C)CC(C)C)cc(C(C)(C)C)c1O. The minimum absolute atomic E-state index is 0.116. The summed E-state index contributed by atoms with van der Waals surface area (Å²) in [5, 5.41) is 14.4. The van der Waals surface area contributed by atoms with Crippen molar-refractivity contribution >= 4 is 17.1 Å². The smallest absolute Gasteiger partial charge is 0.122 e. The second-order valence-electron chi connectivity index (χ2n) is 15.1. The number of benzene rings is 3. The van der Waals surface area contributed by atoms with Gasteiger partial charge in [-0.3, -0.25) is 0 Å². The summed E-state index contributed by atoms with van der Waals surface area (Å²) in [6.45, 7) is 25.5. The summed E-state index contributed by atoms with van der Waals surface area (Å²) in [5.41, 5.74) is 8.27. The fraction of sp³-hybridized carbons (Fsp3) is 0.526. The summed E-state index contributed by atoms with van der Waals surface area (Å²) in [7, 11) is 0. The van der Waals surface area contributed by atoms with Gasteiger partial charge in [0.25, 0.3) is 0 Å². The molecule has 0 aromatic heterocycles. The van der Waals surface area contributed by atoms with E-state index in [1.807, 2.05) is 6.92 Å². The summed E-state index contributed by atoms with van der Waals surface area (Å²) >= 11 is 0. The maximum absolute atomic E-state index is 10.8. The molecular weight excluding hydrogens is 500 g/mol. The van der Waals surface area contributed by atoms with E-state index in [-0.39, 0.29) is 5.41 Å². The number of anilines is 3. The Bertz CT molecular complexity index is 1240. The summed E-state index contributed by atoms with van der Waals surface area (Å²) < 4.78 is 0. The van der Waals surface area contributed by atoms with E-state index >= 15 is 0 Å². The molecule has 2 N–H and O–H groups in total. The van der Waals surface area contributed by atoms with Gasteiger partial charge in [-0.25, -0.2) is 0 Å². The van der Waals surface area contributed by atoms with Crippen molar-refractivity contribution in [3.05, 3.63) is 82.9 Å². The van der Waals surface area contributed by atoms with Crippen molar-refractivity contribution in [2.75, 3.05) is 10.2 Å². The molecule has 0 saturated heterocycles. The summed E-state index contributed by atoms with van der Waals surface area (Å²) in [6, 6.07) is 22.5. The first-order valence-electron chi connectivity index (χ1n) is 15.6. The Morgan fingerprint density at radius 2 is 1.34 bits per heavy atom. The molecule has 0 aliphatic carbocycles. The Balaban J connectivity index is 1.77. The Morgan fingerprint density at radius 3 is 1.85 bits per heavy atom. The number of nitrogens with zero attached hydrogens (tertiary/aromatic N) is 1. The zero-order valence-corrected chi connectivity index (χ0v) is 27.7. The molecule has 224 valence electrons. The molecule has 0 aliphatic rings. The Labute approximate surface area is 251 Å². The lowest BCUT2D eigenvalue weighted by molar-refractivity contribution is 0.306. The van der Waals surface area contributed by atoms with Gasteiger partial charge in [0.05, 0.1) is 0 Å². The molecule has 3 heteroatoms. The topological polar surface area (TPSA) is 35.5 Å². The van der Waals surface area contributed by atoms with Crippen LogP contribution in [0.25, 0.3) is 0 Å². The number of aryl methyl sites for hydroxylation is 1. The van der Waals surface area contributed by atoms with Crippen LogP contribution >= 0.6 is 0 Å². The van der Waals surface area contributed by atoms with Crippen LogP contribution in [0.1, 0.15) is 104 Å². The maximum atomic E-state index is 10.8. The first-order valence-corrected chi connectivity index (χ1v) is 15.6. The van der Waals surface area contributed by atoms with Crippen LogP contribution in [0.2, 0.25) is 0 Å². The quantitative estimate of drug-likeness (QED) is 0.246. The summed E-state index contributed by atoms with van der Waals surface area (Å²) in [5.74, 6) is 1.71. The largest absolute Gasteiger partial charge is 0.507 e. The van der Waals surface area contributed by atoms with E-state index in [1.165, 1.54) is 23.2 Å². The predicted molar refractivity (Wildman–Crippen MR) is 180 cm³/mol. The van der Waals surface area contributed by atoms with E-state index in [9.17, 15) is 5.11 Å². The van der Waals surface area contributed by atoms with Gasteiger partial charge in [-0.05, 0) is 120 Å². The fourth-order valence-electron chi connectivity index (χ4n) is 6.17. The van der Waals surface area contributed by atoms with Crippen LogP contribution in [0.3, 0.4) is 0 Å². The molecule has 0 saturated carbocycles. The van der Waals surface area contributed by atoms with Crippen LogP contribution < -0.4 is 10.2 Å². The molecular formula is C38H56N2O. The zero-order valence-electron chi connectivity index (χ0n) is 27.7. The molecule has 2 atom stereocenters. The first kappa shape index (κ1) is 32.6. The number of hydrogen-bond donors (Lipinski definition) is 2. The van der Waals surface area contributed by atoms with Gasteiger partial charge in [-0.1, -0.05) is 80.5 Å². The molecule has 0 aliphatic heterocycles. The van der Waals surface area contributed by atoms with E-state index in [4.69, 9.17) is 0 Å². The van der Waals surface area contributed by atoms with Crippen molar-refractivity contribution in [3.63, 3.8) is 0 Å². The number of phenolic OH excluding ortho intramolecular Hbond substituents is 1. The third kappa shape index (κ3) is 9.83. The van der Waals surface area contributed by atoms with Crippen molar-refractivity contribution in [2.45, 2.75) is 113 Å². The summed E-state index contributed by atoms with van der Waals surface area (Å²) in [6.07, 6.45) is 3.47. The number of phenols is 1. The van der Waals surface area contributed by atoms with Gasteiger partial charge >= 0.3 is 0 Å². The van der Waals surface area contributed by atoms with Crippen molar-refractivity contribution in [2.24, 2.45) is 17.3 Å². The Morgan fingerprint density at radius 1 is 0.780 bits per heavy atom. The van der Waals surface area contributed by atoms with E-state index in [0.717, 1.165) is 41.9 Å². The molecule has 0 heterocycles. The third-order valence-electron chi connectivity index (χ3n) is 7.85. The van der Waals surface area contributed by atoms with Gasteiger partial charge < -0.3 is 15.3 Å². The molecule has 0 fully saturated rings. The standard InChI is InChI=1S/C38H56N2O/c1-26(2)20-29(5)40(25-31-22-28(4)36(41)35(23-31)38(9,10)11)34-18-16-33(17-19-34)39-32-14-12-30(13-15-32)21-27(3)24-37(6,7)8/h12-19,22-23,26-27,29,39,41H,20-21,24-25H2,1-11H3. The lowest BCUT2D eigenvalue weighted by Crippen LogP contribution is -2.33. The Kier molecular flexibility index (Phi) is 10.6. The van der Waals surface area contributed by atoms with Crippen LogP contribution in [-0.4, -0.2) is 11.1 Å². The van der Waals surface area contributed by atoms with Crippen LogP contribution in [0.4, 0.5) is 17.1 Å². The van der Waals surface area contributed by atoms with E-state index in [0.29, 0.717) is 29.0 Å². The van der Waals surface area contributed by atoms with Crippen LogP contribution in [0.5, 0.6) is 5.75 Å². The van der Waals surface area contributed by atoms with Crippen LogP contribution in [0.15, 0.2) is 60.7 Å². The highest BCUT2D eigenvalue weighted by atomic mass is 16.3. The van der Waals surface area contributed by atoms with Crippen molar-refractivity contribution in [3.8, 4) is 5.75 Å². The minimum atomic E-state index is -0.116. The number of nitrogens with one attached hydrogen (secondary N) is 1. The lowest BCUT2D eigenvalue weighted by Gasteiger charge is -2.33. The van der Waals surface area contributed by atoms with Crippen molar-refractivity contribution in [1.82, 2.24) is 0 Å². The molecule has 0 bridgehead atoms. The van der Waals surface area contributed by atoms with Gasteiger partial charge in [-0.15, -0.1) is 0 Å². The molecule has 3 aromatic carbocycles. The first-order chi connectivity index (χ1) is 19.0. The van der Waals surface area contributed by atoms with E-state index < -0.39 is 0 Å². The zero-order chi connectivity index (χ0) is 30.5. The highest BCUT2D eigenvalue weighted by Gasteiger charge is 2.22. The second kappa shape index (κ2) is 13.4. The minimum Gasteiger partial charge on any atom is -0.507 e. The van der Waals surface area contributed by atoms with Gasteiger partial charge in [0, 0.05) is 29.6 Å². The number of rotatable bonds is 11. The molecule has 2 unspecified atom stereocenters. The highest BCUT2D eigenvalue weighted by Crippen LogP contribution is 2.35. The van der Waals surface area contributed by atoms with E-state index in [2.05, 4.69) is 140 Å². The second-order valence-corrected chi connectivity index (χ2v) is 15.1. The van der Waals surface area contributed by atoms with Gasteiger partial charge in [0.2, 0.25) is 0 Å². The monoisotopic (exact) mass is 556 g/mol. The summed E-state index contributed by atoms with van der Waals surface area (Å²) in [4.78, 5) is 2.51. The molecule has 3 nitrogen and oxygen atoms in total. The van der Waals surface area contributed by atoms with Crippen LogP contribution in [0, 0.1) is 24.2 Å². The predicted octanol–water partition coefficient (Wildman–Crippen LogP) is 10.8. The maximum Gasteiger partial charge on any atom is 0.122 e. The molecule has 0 radical (unpaired) electrons. The molecule has 41 heavy (non-hydrogen) atoms. The third-order valence-corrected chi connectivity index (χ3v) is 7.85. The van der Waals surface area contributed by atoms with Crippen molar-refractivity contribution < 1.29 is 5.11 Å². The molecule has 0 spiro atoms. The average molecular weight is 557 g/mol. The Hall–Kier alpha value is -2.94. The average Bonchev–Trinajstić information content (AvgIpc) is 2.84. The molecule has 3 rings (SSSR count). The molecule has 0 amide bonds. The van der Waals surface area contributed by atoms with Gasteiger partial charge in [-0.2, -0.15) is 0 Å². The number of aromatic hydroxyl groups is 1. The van der Waals surface area contributed by atoms with Gasteiger partial charge in [0.15, 0.2) is 0 Å². The lowest BCUT2D eigenvalue weighted by atomic mass is 9.83. The van der Waals surface area contributed by atoms with Gasteiger partial charge in [0.1, 0.15) is 5.75 Å². The fourth-order valence-corrected chi connectivity index (χ4v) is 6.17. The highest BCUT2D eigenvalue weighted by molar-refractivity contribution is 5.63. The van der Waals surface area contributed by atoms with Crippen LogP contribution in [-0.2, 0) is 18.4 Å². The van der Waals surface area contributed by atoms with E-state index in [1.54, 1.807) is 0 Å². The number of hydrogen-bond acceptors (Lipinski definition) is 3. The van der Waals surface area contributed by atoms with Crippen molar-refractivity contribution in [1.29, 1.82) is 0 Å². The normalized spacial score (nSPS) is 13.8.